The zero-order valence-electron chi connectivity index (χ0n) is 19.6. The highest BCUT2D eigenvalue weighted by Crippen LogP contribution is 2.35. The predicted molar refractivity (Wildman–Crippen MR) is 132 cm³/mol. The van der Waals surface area contributed by atoms with E-state index in [-0.39, 0.29) is 12.1 Å². The monoisotopic (exact) mass is 449 g/mol. The van der Waals surface area contributed by atoms with Crippen LogP contribution < -0.4 is 16.4 Å². The Morgan fingerprint density at radius 2 is 1.76 bits per heavy atom. The van der Waals surface area contributed by atoms with Gasteiger partial charge in [0.15, 0.2) is 5.65 Å². The highest BCUT2D eigenvalue weighted by Gasteiger charge is 2.27. The molecule has 2 aliphatic rings. The zero-order chi connectivity index (χ0) is 22.9. The van der Waals surface area contributed by atoms with Gasteiger partial charge >= 0.3 is 0 Å². The second-order valence-corrected chi connectivity index (χ2v) is 9.87. The van der Waals surface area contributed by atoms with E-state index < -0.39 is 0 Å². The number of hydrogen-bond donors (Lipinski definition) is 4. The summed E-state index contributed by atoms with van der Waals surface area (Å²) in [5.41, 5.74) is 11.1. The molecule has 0 bridgehead atoms. The minimum absolute atomic E-state index is 0.212. The lowest BCUT2D eigenvalue weighted by molar-refractivity contribution is 0.112. The molecule has 2 heterocycles. The summed E-state index contributed by atoms with van der Waals surface area (Å²) >= 11 is 0. The number of nitrogens with two attached hydrogens (primary N) is 1. The molecule has 0 aliphatic heterocycles. The number of nitrogens with zero attached hydrogens (tertiary/aromatic N) is 4. The standard InChI is InChI=1S/C25H35N7O/c1-15-3-12-21(16(2)13-15)29-25-30-22-14-27-24(28-18-6-4-17(26)5-7-18)31-23(22)32(25)19-8-10-20(33)11-9-19/h3,12-14,17-20,33H,4-11,26H2,1-2H3,(H,29,30)(H,27,28,31). The van der Waals surface area contributed by atoms with E-state index in [1.54, 1.807) is 0 Å². The van der Waals surface area contributed by atoms with E-state index in [4.69, 9.17) is 15.7 Å². The van der Waals surface area contributed by atoms with Crippen molar-refractivity contribution in [3.63, 3.8) is 0 Å². The average molecular weight is 450 g/mol. The van der Waals surface area contributed by atoms with Gasteiger partial charge in [-0.1, -0.05) is 17.7 Å². The molecule has 0 radical (unpaired) electrons. The molecule has 0 spiro atoms. The van der Waals surface area contributed by atoms with Crippen molar-refractivity contribution in [2.75, 3.05) is 10.6 Å². The van der Waals surface area contributed by atoms with Gasteiger partial charge in [-0.2, -0.15) is 4.98 Å². The van der Waals surface area contributed by atoms with Gasteiger partial charge in [0, 0.05) is 23.8 Å². The molecule has 5 N–H and O–H groups in total. The number of benzene rings is 1. The molecule has 176 valence electrons. The summed E-state index contributed by atoms with van der Waals surface area (Å²) < 4.78 is 2.23. The van der Waals surface area contributed by atoms with Gasteiger partial charge in [-0.3, -0.25) is 4.57 Å². The van der Waals surface area contributed by atoms with E-state index in [9.17, 15) is 5.11 Å². The molecule has 1 aromatic carbocycles. The maximum atomic E-state index is 10.1. The second kappa shape index (κ2) is 9.27. The fourth-order valence-electron chi connectivity index (χ4n) is 5.23. The molecule has 3 aromatic rings. The summed E-state index contributed by atoms with van der Waals surface area (Å²) in [5, 5.41) is 17.1. The van der Waals surface area contributed by atoms with Gasteiger partial charge in [-0.05, 0) is 76.8 Å². The molecule has 2 saturated carbocycles. The summed E-state index contributed by atoms with van der Waals surface area (Å²) in [5.74, 6) is 1.44. The maximum absolute atomic E-state index is 10.1. The van der Waals surface area contributed by atoms with Crippen molar-refractivity contribution in [2.24, 2.45) is 5.73 Å². The fourth-order valence-corrected chi connectivity index (χ4v) is 5.23. The lowest BCUT2D eigenvalue weighted by Crippen LogP contribution is -2.33. The number of aryl methyl sites for hydroxylation is 2. The average Bonchev–Trinajstić information content (AvgIpc) is 3.15. The normalized spacial score (nSPS) is 25.8. The number of aliphatic hydroxyl groups excluding tert-OH is 1. The van der Waals surface area contributed by atoms with Crippen LogP contribution in [-0.2, 0) is 0 Å². The van der Waals surface area contributed by atoms with Gasteiger partial charge in [-0.15, -0.1) is 0 Å². The summed E-state index contributed by atoms with van der Waals surface area (Å²) in [6, 6.07) is 7.29. The minimum atomic E-state index is -0.212. The van der Waals surface area contributed by atoms with Crippen LogP contribution in [0.3, 0.4) is 0 Å². The first-order chi connectivity index (χ1) is 16.0. The Balaban J connectivity index is 1.49. The largest absolute Gasteiger partial charge is 0.393 e. The van der Waals surface area contributed by atoms with Crippen molar-refractivity contribution in [3.05, 3.63) is 35.5 Å². The highest BCUT2D eigenvalue weighted by atomic mass is 16.3. The van der Waals surface area contributed by atoms with Crippen LogP contribution >= 0.6 is 0 Å². The van der Waals surface area contributed by atoms with Gasteiger partial charge in [-0.25, -0.2) is 9.97 Å². The number of fused-ring (bicyclic) bond motifs is 1. The minimum Gasteiger partial charge on any atom is -0.393 e. The zero-order valence-corrected chi connectivity index (χ0v) is 19.6. The lowest BCUT2D eigenvalue weighted by atomic mass is 9.92. The van der Waals surface area contributed by atoms with Crippen LogP contribution in [-0.4, -0.2) is 42.8 Å². The molecule has 0 atom stereocenters. The van der Waals surface area contributed by atoms with Crippen LogP contribution in [0.2, 0.25) is 0 Å². The van der Waals surface area contributed by atoms with Crippen molar-refractivity contribution in [3.8, 4) is 0 Å². The molecular formula is C25H35N7O. The molecular weight excluding hydrogens is 414 g/mol. The molecule has 33 heavy (non-hydrogen) atoms. The molecule has 5 rings (SSSR count). The first-order valence-electron chi connectivity index (χ1n) is 12.3. The molecule has 0 saturated heterocycles. The van der Waals surface area contributed by atoms with Crippen LogP contribution in [0.25, 0.3) is 11.2 Å². The number of aliphatic hydroxyl groups is 1. The quantitative estimate of drug-likeness (QED) is 0.458. The maximum Gasteiger partial charge on any atom is 0.224 e. The Labute approximate surface area is 195 Å². The Hall–Kier alpha value is -2.71. The van der Waals surface area contributed by atoms with E-state index >= 15 is 0 Å². The first-order valence-corrected chi connectivity index (χ1v) is 12.3. The van der Waals surface area contributed by atoms with Crippen LogP contribution in [0.5, 0.6) is 0 Å². The molecule has 2 aromatic heterocycles. The van der Waals surface area contributed by atoms with E-state index in [2.05, 4.69) is 52.2 Å². The van der Waals surface area contributed by atoms with Gasteiger partial charge < -0.3 is 21.5 Å². The molecule has 0 amide bonds. The second-order valence-electron chi connectivity index (χ2n) is 9.87. The van der Waals surface area contributed by atoms with Crippen LogP contribution in [0.15, 0.2) is 24.4 Å². The number of anilines is 3. The molecule has 0 unspecified atom stereocenters. The summed E-state index contributed by atoms with van der Waals surface area (Å²) in [4.78, 5) is 14.4. The van der Waals surface area contributed by atoms with Gasteiger partial charge in [0.1, 0.15) is 5.52 Å². The van der Waals surface area contributed by atoms with Gasteiger partial charge in [0.25, 0.3) is 0 Å². The van der Waals surface area contributed by atoms with Crippen LogP contribution in [0.4, 0.5) is 17.6 Å². The molecule has 8 nitrogen and oxygen atoms in total. The smallest absolute Gasteiger partial charge is 0.224 e. The highest BCUT2D eigenvalue weighted by molar-refractivity contribution is 5.77. The third-order valence-electron chi connectivity index (χ3n) is 7.20. The van der Waals surface area contributed by atoms with Crippen molar-refractivity contribution in [1.82, 2.24) is 19.5 Å². The number of aromatic nitrogens is 4. The number of hydrogen-bond acceptors (Lipinski definition) is 7. The van der Waals surface area contributed by atoms with Crippen molar-refractivity contribution in [1.29, 1.82) is 0 Å². The third kappa shape index (κ3) is 4.82. The first kappa shape index (κ1) is 22.1. The predicted octanol–water partition coefficient (Wildman–Crippen LogP) is 4.34. The fraction of sp³-hybridized carbons (Fsp3) is 0.560. The topological polar surface area (TPSA) is 114 Å². The Morgan fingerprint density at radius 1 is 1.00 bits per heavy atom. The number of rotatable bonds is 5. The van der Waals surface area contributed by atoms with Gasteiger partial charge in [0.05, 0.1) is 12.3 Å². The number of nitrogens with one attached hydrogen (secondary N) is 2. The molecule has 8 heteroatoms. The van der Waals surface area contributed by atoms with E-state index in [1.807, 2.05) is 6.20 Å². The van der Waals surface area contributed by atoms with E-state index in [0.29, 0.717) is 18.0 Å². The molecule has 2 aliphatic carbocycles. The van der Waals surface area contributed by atoms with Crippen molar-refractivity contribution >= 4 is 28.7 Å². The van der Waals surface area contributed by atoms with Crippen molar-refractivity contribution in [2.45, 2.75) is 89.4 Å². The van der Waals surface area contributed by atoms with Gasteiger partial charge in [0.2, 0.25) is 11.9 Å². The third-order valence-corrected chi connectivity index (χ3v) is 7.20. The Bertz CT molecular complexity index is 1110. The van der Waals surface area contributed by atoms with Crippen molar-refractivity contribution < 1.29 is 5.11 Å². The number of imidazole rings is 1. The summed E-state index contributed by atoms with van der Waals surface area (Å²) in [6.45, 7) is 4.21. The Kier molecular flexibility index (Phi) is 6.21. The summed E-state index contributed by atoms with van der Waals surface area (Å²) in [7, 11) is 0. The lowest BCUT2D eigenvalue weighted by Gasteiger charge is -2.28. The summed E-state index contributed by atoms with van der Waals surface area (Å²) in [6.07, 6.45) is 9.17. The van der Waals surface area contributed by atoms with Crippen LogP contribution in [0, 0.1) is 13.8 Å². The van der Waals surface area contributed by atoms with E-state index in [0.717, 1.165) is 74.2 Å². The molecule has 2 fully saturated rings. The SMILES string of the molecule is Cc1ccc(Nc2nc3cnc(NC4CCC(N)CC4)nc3n2C2CCC(O)CC2)c(C)c1. The van der Waals surface area contributed by atoms with E-state index in [1.165, 1.54) is 11.1 Å². The van der Waals surface area contributed by atoms with Crippen LogP contribution in [0.1, 0.15) is 68.5 Å². The Morgan fingerprint density at radius 3 is 2.48 bits per heavy atom.